The third-order valence-corrected chi connectivity index (χ3v) is 4.27. The molecule has 0 aliphatic rings. The van der Waals surface area contributed by atoms with E-state index in [-0.39, 0.29) is 26.3 Å². The molecule has 0 unspecified atom stereocenters. The van der Waals surface area contributed by atoms with Crippen molar-refractivity contribution in [2.24, 2.45) is 0 Å². The maximum Gasteiger partial charge on any atom is 0.259 e. The van der Waals surface area contributed by atoms with Gasteiger partial charge in [0, 0.05) is 5.16 Å². The minimum absolute atomic E-state index is 0.0469. The molecule has 0 amide bonds. The molecule has 0 bridgehead atoms. The van der Waals surface area contributed by atoms with E-state index in [1.807, 2.05) is 0 Å². The summed E-state index contributed by atoms with van der Waals surface area (Å²) in [4.78, 5) is 0.224. The lowest BCUT2D eigenvalue weighted by molar-refractivity contribution is -0.793. The predicted molar refractivity (Wildman–Crippen MR) is 86.4 cm³/mol. The van der Waals surface area contributed by atoms with E-state index in [0.717, 1.165) is 0 Å². The molecule has 1 aromatic heterocycles. The SMILES string of the molecule is [O-][n+]1onc(-c2c(Cl)cccc2Cl)c1-c1c(Cl)cccc1Cl. The Labute approximate surface area is 145 Å². The molecular formula is C14H6Cl4N2O2. The molecule has 0 atom stereocenters. The maximum absolute atomic E-state index is 12.0. The van der Waals surface area contributed by atoms with Crippen molar-refractivity contribution in [3.8, 4) is 22.5 Å². The quantitative estimate of drug-likeness (QED) is 0.574. The molecule has 112 valence electrons. The van der Waals surface area contributed by atoms with Crippen molar-refractivity contribution in [1.82, 2.24) is 5.16 Å². The molecule has 1 heterocycles. The first-order valence-electron chi connectivity index (χ1n) is 5.99. The highest BCUT2D eigenvalue weighted by atomic mass is 35.5. The fraction of sp³-hybridized carbons (Fsp3) is 0. The highest BCUT2D eigenvalue weighted by Gasteiger charge is 2.29. The molecule has 0 aliphatic carbocycles. The van der Waals surface area contributed by atoms with Crippen LogP contribution >= 0.6 is 46.4 Å². The van der Waals surface area contributed by atoms with Crippen molar-refractivity contribution in [2.45, 2.75) is 0 Å². The molecule has 3 rings (SSSR count). The highest BCUT2D eigenvalue weighted by molar-refractivity contribution is 6.40. The molecule has 4 nitrogen and oxygen atoms in total. The molecule has 8 heteroatoms. The van der Waals surface area contributed by atoms with Crippen LogP contribution in [0.1, 0.15) is 0 Å². The molecule has 2 aromatic carbocycles. The lowest BCUT2D eigenvalue weighted by atomic mass is 10.0. The Kier molecular flexibility index (Phi) is 4.19. The van der Waals surface area contributed by atoms with Crippen molar-refractivity contribution in [2.75, 3.05) is 0 Å². The van der Waals surface area contributed by atoms with Crippen LogP contribution in [-0.2, 0) is 0 Å². The molecule has 22 heavy (non-hydrogen) atoms. The van der Waals surface area contributed by atoms with Gasteiger partial charge in [0.25, 0.3) is 5.69 Å². The summed E-state index contributed by atoms with van der Waals surface area (Å²) in [7, 11) is 0. The largest absolute Gasteiger partial charge is 0.359 e. The van der Waals surface area contributed by atoms with Gasteiger partial charge in [-0.25, -0.2) is 0 Å². The Hall–Kier alpha value is -1.46. The first kappa shape index (κ1) is 15.4. The number of halogens is 4. The third kappa shape index (κ3) is 2.52. The van der Waals surface area contributed by atoms with Crippen molar-refractivity contribution >= 4 is 46.4 Å². The van der Waals surface area contributed by atoms with Crippen LogP contribution in [0.2, 0.25) is 20.1 Å². The molecule has 0 fully saturated rings. The van der Waals surface area contributed by atoms with Crippen LogP contribution in [0.4, 0.5) is 0 Å². The Balaban J connectivity index is 2.35. The average Bonchev–Trinajstić information content (AvgIpc) is 2.81. The summed E-state index contributed by atoms with van der Waals surface area (Å²) in [5.74, 6) is 0. The van der Waals surface area contributed by atoms with Gasteiger partial charge in [0.2, 0.25) is 5.69 Å². The summed E-state index contributed by atoms with van der Waals surface area (Å²) in [5, 5.41) is 17.0. The summed E-state index contributed by atoms with van der Waals surface area (Å²) in [6.07, 6.45) is 0. The van der Waals surface area contributed by atoms with Crippen LogP contribution in [0.5, 0.6) is 0 Å². The molecule has 0 spiro atoms. The molecule has 0 saturated heterocycles. The Bertz CT molecular complexity index is 824. The molecule has 0 saturated carbocycles. The zero-order valence-electron chi connectivity index (χ0n) is 10.7. The van der Waals surface area contributed by atoms with Crippen molar-refractivity contribution < 1.29 is 9.53 Å². The third-order valence-electron chi connectivity index (χ3n) is 3.01. The van der Waals surface area contributed by atoms with E-state index in [4.69, 9.17) is 51.0 Å². The Morgan fingerprint density at radius 3 is 1.77 bits per heavy atom. The highest BCUT2D eigenvalue weighted by Crippen LogP contribution is 2.41. The lowest BCUT2D eigenvalue weighted by Crippen LogP contribution is -2.25. The minimum Gasteiger partial charge on any atom is -0.359 e. The van der Waals surface area contributed by atoms with Gasteiger partial charge >= 0.3 is 0 Å². The van der Waals surface area contributed by atoms with E-state index in [1.54, 1.807) is 36.4 Å². The molecule has 0 N–H and O–H groups in total. The van der Waals surface area contributed by atoms with Gasteiger partial charge in [-0.1, -0.05) is 58.5 Å². The second kappa shape index (κ2) is 5.97. The second-order valence-corrected chi connectivity index (χ2v) is 5.95. The van der Waals surface area contributed by atoms with Crippen LogP contribution in [0.25, 0.3) is 22.5 Å². The summed E-state index contributed by atoms with van der Waals surface area (Å²) >= 11 is 24.7. The lowest BCUT2D eigenvalue weighted by Gasteiger charge is -2.06. The second-order valence-electron chi connectivity index (χ2n) is 4.32. The van der Waals surface area contributed by atoms with Gasteiger partial charge < -0.3 is 5.21 Å². The van der Waals surface area contributed by atoms with Gasteiger partial charge in [0.1, 0.15) is 0 Å². The van der Waals surface area contributed by atoms with Crippen molar-refractivity contribution in [3.63, 3.8) is 0 Å². The zero-order chi connectivity index (χ0) is 15.9. The predicted octanol–water partition coefficient (Wildman–Crippen LogP) is 5.26. The van der Waals surface area contributed by atoms with Crippen LogP contribution in [0.15, 0.2) is 41.0 Å². The van der Waals surface area contributed by atoms with Crippen molar-refractivity contribution in [3.05, 3.63) is 61.7 Å². The molecular weight excluding hydrogens is 370 g/mol. The van der Waals surface area contributed by atoms with E-state index < -0.39 is 0 Å². The van der Waals surface area contributed by atoms with Crippen LogP contribution in [0, 0.1) is 5.21 Å². The van der Waals surface area contributed by atoms with E-state index in [9.17, 15) is 5.21 Å². The van der Waals surface area contributed by atoms with Gasteiger partial charge in [-0.2, -0.15) is 0 Å². The number of aromatic nitrogens is 2. The maximum atomic E-state index is 12.0. The van der Waals surface area contributed by atoms with Crippen LogP contribution in [0.3, 0.4) is 0 Å². The van der Waals surface area contributed by atoms with Gasteiger partial charge in [-0.3, -0.25) is 4.63 Å². The van der Waals surface area contributed by atoms with Gasteiger partial charge in [-0.05, 0) is 29.2 Å². The first-order valence-corrected chi connectivity index (χ1v) is 7.50. The topological polar surface area (TPSA) is 53.0 Å². The Morgan fingerprint density at radius 1 is 0.818 bits per heavy atom. The van der Waals surface area contributed by atoms with Crippen molar-refractivity contribution in [1.29, 1.82) is 0 Å². The monoisotopic (exact) mass is 374 g/mol. The number of rotatable bonds is 2. The number of nitrogens with zero attached hydrogens (tertiary/aromatic N) is 2. The van der Waals surface area contributed by atoms with Gasteiger partial charge in [0.05, 0.1) is 31.2 Å². The standard InChI is InChI=1S/C14H6Cl4N2O2/c15-7-3-1-4-8(16)11(7)13-14(20(21)22-19-13)12-9(17)5-2-6-10(12)18/h1-6H. The smallest absolute Gasteiger partial charge is 0.259 e. The first-order chi connectivity index (χ1) is 10.5. The Morgan fingerprint density at radius 2 is 1.27 bits per heavy atom. The fourth-order valence-electron chi connectivity index (χ4n) is 2.07. The number of hydrogen-bond donors (Lipinski definition) is 0. The van der Waals surface area contributed by atoms with Gasteiger partial charge in [0.15, 0.2) is 0 Å². The minimum atomic E-state index is 0.0469. The summed E-state index contributed by atoms with van der Waals surface area (Å²) in [6.45, 7) is 0. The fourth-order valence-corrected chi connectivity index (χ4v) is 3.22. The number of hydrogen-bond acceptors (Lipinski definition) is 3. The summed E-state index contributed by atoms with van der Waals surface area (Å²) in [5.41, 5.74) is 0.884. The van der Waals surface area contributed by atoms with E-state index in [2.05, 4.69) is 5.16 Å². The van der Waals surface area contributed by atoms with Crippen LogP contribution in [-0.4, -0.2) is 5.16 Å². The summed E-state index contributed by atoms with van der Waals surface area (Å²) in [6, 6.07) is 9.82. The molecule has 0 aliphatic heterocycles. The zero-order valence-corrected chi connectivity index (χ0v) is 13.7. The average molecular weight is 376 g/mol. The van der Waals surface area contributed by atoms with Crippen LogP contribution < -0.4 is 4.90 Å². The molecule has 3 aromatic rings. The summed E-state index contributed by atoms with van der Waals surface area (Å²) < 4.78 is 4.70. The van der Waals surface area contributed by atoms with E-state index in [1.165, 1.54) is 0 Å². The van der Waals surface area contributed by atoms with Gasteiger partial charge in [-0.15, -0.1) is 0 Å². The molecule has 0 radical (unpaired) electrons. The normalized spacial score (nSPS) is 10.9. The number of benzene rings is 2. The van der Waals surface area contributed by atoms with E-state index >= 15 is 0 Å². The van der Waals surface area contributed by atoms with E-state index in [0.29, 0.717) is 21.2 Å².